The van der Waals surface area contributed by atoms with E-state index in [1.807, 2.05) is 58.0 Å². The number of carbonyl (C=O) groups is 1. The van der Waals surface area contributed by atoms with Crippen molar-refractivity contribution in [1.29, 1.82) is 0 Å². The first kappa shape index (κ1) is 15.2. The zero-order chi connectivity index (χ0) is 13.8. The van der Waals surface area contributed by atoms with E-state index >= 15 is 0 Å². The maximum atomic E-state index is 12.3. The second-order valence-electron chi connectivity index (χ2n) is 5.52. The van der Waals surface area contributed by atoms with Crippen molar-refractivity contribution in [1.82, 2.24) is 5.32 Å². The molecule has 0 aliphatic carbocycles. The number of hydrogen-bond acceptors (Lipinski definition) is 1. The summed E-state index contributed by atoms with van der Waals surface area (Å²) >= 11 is 3.51. The summed E-state index contributed by atoms with van der Waals surface area (Å²) in [5.74, 6) is 0.0933. The minimum Gasteiger partial charge on any atom is -0.346 e. The van der Waals surface area contributed by atoms with Crippen LogP contribution in [-0.2, 0) is 10.3 Å². The topological polar surface area (TPSA) is 29.1 Å². The van der Waals surface area contributed by atoms with Crippen molar-refractivity contribution in [3.63, 3.8) is 0 Å². The molecule has 1 unspecified atom stereocenters. The van der Waals surface area contributed by atoms with E-state index in [9.17, 15) is 4.79 Å². The number of nitrogens with one attached hydrogen (secondary N) is 1. The summed E-state index contributed by atoms with van der Waals surface area (Å²) in [7, 11) is 0. The fraction of sp³-hybridized carbons (Fsp3) is 0.533. The molecule has 1 aromatic rings. The van der Waals surface area contributed by atoms with Gasteiger partial charge in [0.25, 0.3) is 0 Å². The van der Waals surface area contributed by atoms with Gasteiger partial charge in [0, 0.05) is 10.7 Å². The highest BCUT2D eigenvalue weighted by Gasteiger charge is 2.33. The number of benzene rings is 1. The van der Waals surface area contributed by atoms with Gasteiger partial charge in [-0.25, -0.2) is 0 Å². The van der Waals surface area contributed by atoms with Crippen LogP contribution in [-0.4, -0.2) is 11.2 Å². The number of halogens is 1. The standard InChI is InChI=1S/C15H22BrNO/c1-5-14(2,3)13(18)17-15(4,11-16)12-9-7-6-8-10-12/h6-10H,5,11H2,1-4H3,(H,17,18). The van der Waals surface area contributed by atoms with Crippen LogP contribution in [0.25, 0.3) is 0 Å². The number of amides is 1. The average molecular weight is 312 g/mol. The molecule has 0 saturated carbocycles. The van der Waals surface area contributed by atoms with Crippen LogP contribution in [0.5, 0.6) is 0 Å². The molecule has 2 nitrogen and oxygen atoms in total. The van der Waals surface area contributed by atoms with Crippen LogP contribution in [0.4, 0.5) is 0 Å². The molecule has 1 rings (SSSR count). The van der Waals surface area contributed by atoms with E-state index in [1.165, 1.54) is 0 Å². The highest BCUT2D eigenvalue weighted by Crippen LogP contribution is 2.27. The minimum absolute atomic E-state index is 0.0933. The molecule has 0 bridgehead atoms. The SMILES string of the molecule is CCC(C)(C)C(=O)NC(C)(CBr)c1ccccc1. The van der Waals surface area contributed by atoms with Crippen molar-refractivity contribution in [3.8, 4) is 0 Å². The number of hydrogen-bond donors (Lipinski definition) is 1. The van der Waals surface area contributed by atoms with Gasteiger partial charge >= 0.3 is 0 Å². The Bertz CT molecular complexity index is 402. The molecule has 0 spiro atoms. The van der Waals surface area contributed by atoms with Gasteiger partial charge in [0.1, 0.15) is 0 Å². The number of carbonyl (C=O) groups excluding carboxylic acids is 1. The molecule has 1 atom stereocenters. The fourth-order valence-electron chi connectivity index (χ4n) is 1.57. The van der Waals surface area contributed by atoms with Crippen molar-refractivity contribution in [2.75, 3.05) is 5.33 Å². The summed E-state index contributed by atoms with van der Waals surface area (Å²) in [6, 6.07) is 10.1. The van der Waals surface area contributed by atoms with Gasteiger partial charge in [-0.15, -0.1) is 0 Å². The number of rotatable bonds is 5. The molecule has 1 amide bonds. The smallest absolute Gasteiger partial charge is 0.226 e. The Balaban J connectivity index is 2.95. The predicted molar refractivity (Wildman–Crippen MR) is 79.8 cm³/mol. The lowest BCUT2D eigenvalue weighted by atomic mass is 9.86. The van der Waals surface area contributed by atoms with Crippen LogP contribution in [0.3, 0.4) is 0 Å². The third kappa shape index (κ3) is 3.35. The van der Waals surface area contributed by atoms with E-state index in [0.717, 1.165) is 12.0 Å². The molecule has 3 heteroatoms. The summed E-state index contributed by atoms with van der Waals surface area (Å²) in [5.41, 5.74) is 0.408. The van der Waals surface area contributed by atoms with E-state index < -0.39 is 0 Å². The molecule has 0 heterocycles. The van der Waals surface area contributed by atoms with Crippen LogP contribution in [0, 0.1) is 5.41 Å². The Morgan fingerprint density at radius 3 is 2.22 bits per heavy atom. The van der Waals surface area contributed by atoms with E-state index in [4.69, 9.17) is 0 Å². The van der Waals surface area contributed by atoms with E-state index in [1.54, 1.807) is 0 Å². The molecule has 0 aliphatic rings. The second-order valence-corrected chi connectivity index (χ2v) is 6.08. The van der Waals surface area contributed by atoms with Crippen LogP contribution in [0.2, 0.25) is 0 Å². The van der Waals surface area contributed by atoms with Gasteiger partial charge in [-0.1, -0.05) is 67.0 Å². The van der Waals surface area contributed by atoms with E-state index in [2.05, 4.69) is 21.2 Å². The largest absolute Gasteiger partial charge is 0.346 e. The first-order valence-corrected chi connectivity index (χ1v) is 7.42. The molecule has 0 saturated heterocycles. The lowest BCUT2D eigenvalue weighted by Gasteiger charge is -2.33. The Labute approximate surface area is 118 Å². The normalized spacial score (nSPS) is 14.9. The molecule has 0 aliphatic heterocycles. The van der Waals surface area contributed by atoms with Crippen LogP contribution < -0.4 is 5.32 Å². The van der Waals surface area contributed by atoms with E-state index in [-0.39, 0.29) is 16.9 Å². The maximum Gasteiger partial charge on any atom is 0.226 e. The van der Waals surface area contributed by atoms with Gasteiger partial charge in [-0.3, -0.25) is 4.79 Å². The highest BCUT2D eigenvalue weighted by atomic mass is 79.9. The highest BCUT2D eigenvalue weighted by molar-refractivity contribution is 9.09. The number of alkyl halides is 1. The zero-order valence-electron chi connectivity index (χ0n) is 11.6. The molecule has 0 aromatic heterocycles. The van der Waals surface area contributed by atoms with Crippen molar-refractivity contribution >= 4 is 21.8 Å². The summed E-state index contributed by atoms with van der Waals surface area (Å²) in [5, 5.41) is 3.85. The summed E-state index contributed by atoms with van der Waals surface area (Å²) < 4.78 is 0. The van der Waals surface area contributed by atoms with Crippen molar-refractivity contribution in [2.45, 2.75) is 39.7 Å². The Morgan fingerprint density at radius 2 is 1.78 bits per heavy atom. The quantitative estimate of drug-likeness (QED) is 0.822. The van der Waals surface area contributed by atoms with Crippen molar-refractivity contribution in [3.05, 3.63) is 35.9 Å². The summed E-state index contributed by atoms with van der Waals surface area (Å²) in [6.45, 7) is 8.03. The van der Waals surface area contributed by atoms with Gasteiger partial charge in [0.05, 0.1) is 5.54 Å². The predicted octanol–water partition coefficient (Wildman–Crippen LogP) is 3.85. The van der Waals surface area contributed by atoms with Gasteiger partial charge < -0.3 is 5.32 Å². The Morgan fingerprint density at radius 1 is 1.22 bits per heavy atom. The first-order valence-electron chi connectivity index (χ1n) is 6.30. The minimum atomic E-state index is -0.370. The van der Waals surface area contributed by atoms with Crippen LogP contribution >= 0.6 is 15.9 Å². The van der Waals surface area contributed by atoms with Crippen molar-refractivity contribution in [2.24, 2.45) is 5.41 Å². The van der Waals surface area contributed by atoms with Gasteiger partial charge in [0.2, 0.25) is 5.91 Å². The Kier molecular flexibility index (Phi) is 4.97. The lowest BCUT2D eigenvalue weighted by Crippen LogP contribution is -2.49. The van der Waals surface area contributed by atoms with Gasteiger partial charge in [-0.05, 0) is 18.9 Å². The maximum absolute atomic E-state index is 12.3. The van der Waals surface area contributed by atoms with Crippen LogP contribution in [0.1, 0.15) is 39.7 Å². The third-order valence-corrected chi connectivity index (χ3v) is 4.69. The van der Waals surface area contributed by atoms with Crippen molar-refractivity contribution < 1.29 is 4.79 Å². The molecular formula is C15H22BrNO. The lowest BCUT2D eigenvalue weighted by molar-refractivity contribution is -0.131. The second kappa shape index (κ2) is 5.87. The van der Waals surface area contributed by atoms with Gasteiger partial charge in [0.15, 0.2) is 0 Å². The molecule has 100 valence electrons. The zero-order valence-corrected chi connectivity index (χ0v) is 13.2. The molecule has 0 fully saturated rings. The van der Waals surface area contributed by atoms with E-state index in [0.29, 0.717) is 5.33 Å². The molecule has 0 radical (unpaired) electrons. The third-order valence-electron chi connectivity index (χ3n) is 3.57. The fourth-order valence-corrected chi connectivity index (χ4v) is 2.03. The first-order chi connectivity index (χ1) is 8.35. The molecule has 18 heavy (non-hydrogen) atoms. The average Bonchev–Trinajstić information content (AvgIpc) is 2.39. The Hall–Kier alpha value is -0.830. The van der Waals surface area contributed by atoms with Gasteiger partial charge in [-0.2, -0.15) is 0 Å². The summed E-state index contributed by atoms with van der Waals surface area (Å²) in [6.07, 6.45) is 0.825. The summed E-state index contributed by atoms with van der Waals surface area (Å²) in [4.78, 5) is 12.3. The monoisotopic (exact) mass is 311 g/mol. The molecule has 1 N–H and O–H groups in total. The van der Waals surface area contributed by atoms with Crippen LogP contribution in [0.15, 0.2) is 30.3 Å². The molecule has 1 aromatic carbocycles. The molecular weight excluding hydrogens is 290 g/mol.